The number of hydrogen-bond donors (Lipinski definition) is 1. The average molecular weight is 339 g/mol. The highest BCUT2D eigenvalue weighted by Gasteiger charge is 2.34. The molecular weight excluding hydrogens is 318 g/mol. The van der Waals surface area contributed by atoms with Crippen molar-refractivity contribution in [3.63, 3.8) is 0 Å². The fourth-order valence-electron chi connectivity index (χ4n) is 2.89. The van der Waals surface area contributed by atoms with E-state index in [1.165, 1.54) is 0 Å². The van der Waals surface area contributed by atoms with Crippen molar-refractivity contribution in [1.29, 1.82) is 0 Å². The van der Waals surface area contributed by atoms with Gasteiger partial charge in [-0.2, -0.15) is 0 Å². The standard InChI is InChI=1S/C18H21N5O2/c1-3-14-9-16(21-12(2)20-14)22-18(25)13-8-17(24)23(10-13)11-15-6-4-5-7-19-15/h4-7,9,13H,3,8,10-11H2,1-2H3,(H,20,21,22,25)/t13-/m1/s1. The van der Waals surface area contributed by atoms with Gasteiger partial charge < -0.3 is 10.2 Å². The van der Waals surface area contributed by atoms with Crippen LogP contribution < -0.4 is 5.32 Å². The summed E-state index contributed by atoms with van der Waals surface area (Å²) >= 11 is 0. The van der Waals surface area contributed by atoms with Gasteiger partial charge in [0.05, 0.1) is 18.2 Å². The number of hydrogen-bond acceptors (Lipinski definition) is 5. The molecule has 3 rings (SSSR count). The van der Waals surface area contributed by atoms with Gasteiger partial charge in [-0.05, 0) is 25.5 Å². The smallest absolute Gasteiger partial charge is 0.230 e. The maximum Gasteiger partial charge on any atom is 0.230 e. The van der Waals surface area contributed by atoms with Crippen molar-refractivity contribution < 1.29 is 9.59 Å². The topological polar surface area (TPSA) is 88.1 Å². The molecule has 25 heavy (non-hydrogen) atoms. The lowest BCUT2D eigenvalue weighted by Crippen LogP contribution is -2.28. The number of likely N-dealkylation sites (tertiary alicyclic amines) is 1. The van der Waals surface area contributed by atoms with E-state index in [0.717, 1.165) is 17.8 Å². The fraction of sp³-hybridized carbons (Fsp3) is 0.389. The largest absolute Gasteiger partial charge is 0.336 e. The third-order valence-corrected chi connectivity index (χ3v) is 4.17. The van der Waals surface area contributed by atoms with Crippen LogP contribution >= 0.6 is 0 Å². The van der Waals surface area contributed by atoms with Crippen LogP contribution in [-0.4, -0.2) is 38.2 Å². The third kappa shape index (κ3) is 4.17. The Labute approximate surface area is 146 Å². The summed E-state index contributed by atoms with van der Waals surface area (Å²) < 4.78 is 0. The fourth-order valence-corrected chi connectivity index (χ4v) is 2.89. The van der Waals surface area contributed by atoms with Crippen LogP contribution in [0.2, 0.25) is 0 Å². The Kier molecular flexibility index (Phi) is 5.02. The van der Waals surface area contributed by atoms with Crippen molar-refractivity contribution in [2.45, 2.75) is 33.2 Å². The normalized spacial score (nSPS) is 17.0. The summed E-state index contributed by atoms with van der Waals surface area (Å²) in [6.07, 6.45) is 2.68. The number of amides is 2. The molecule has 130 valence electrons. The predicted octanol–water partition coefficient (Wildman–Crippen LogP) is 1.73. The van der Waals surface area contributed by atoms with Crippen LogP contribution in [0.25, 0.3) is 0 Å². The molecular formula is C18H21N5O2. The lowest BCUT2D eigenvalue weighted by molar-refractivity contribution is -0.128. The molecule has 1 atom stereocenters. The van der Waals surface area contributed by atoms with E-state index in [1.807, 2.05) is 25.1 Å². The second-order valence-corrected chi connectivity index (χ2v) is 6.13. The van der Waals surface area contributed by atoms with Crippen molar-refractivity contribution in [2.24, 2.45) is 5.92 Å². The predicted molar refractivity (Wildman–Crippen MR) is 92.5 cm³/mol. The molecule has 2 aromatic heterocycles. The molecule has 1 saturated heterocycles. The Morgan fingerprint density at radius 1 is 1.32 bits per heavy atom. The lowest BCUT2D eigenvalue weighted by Gasteiger charge is -2.16. The molecule has 0 spiro atoms. The van der Waals surface area contributed by atoms with Crippen molar-refractivity contribution in [2.75, 3.05) is 11.9 Å². The van der Waals surface area contributed by atoms with Crippen LogP contribution in [0.1, 0.15) is 30.6 Å². The van der Waals surface area contributed by atoms with Gasteiger partial charge in [0, 0.05) is 30.9 Å². The number of carbonyl (C=O) groups excluding carboxylic acids is 2. The van der Waals surface area contributed by atoms with Crippen molar-refractivity contribution in [1.82, 2.24) is 19.9 Å². The number of aryl methyl sites for hydroxylation is 2. The summed E-state index contributed by atoms with van der Waals surface area (Å²) in [4.78, 5) is 39.1. The Balaban J connectivity index is 1.64. The van der Waals surface area contributed by atoms with Crippen LogP contribution in [0.15, 0.2) is 30.5 Å². The molecule has 0 aliphatic carbocycles. The lowest BCUT2D eigenvalue weighted by atomic mass is 10.1. The molecule has 2 amide bonds. The number of pyridine rings is 1. The summed E-state index contributed by atoms with van der Waals surface area (Å²) in [6.45, 7) is 4.61. The van der Waals surface area contributed by atoms with Gasteiger partial charge in [0.2, 0.25) is 11.8 Å². The SMILES string of the molecule is CCc1cc(NC(=O)[C@@H]2CC(=O)N(Cc3ccccn3)C2)nc(C)n1. The van der Waals surface area contributed by atoms with Crippen LogP contribution in [0.4, 0.5) is 5.82 Å². The number of aromatic nitrogens is 3. The van der Waals surface area contributed by atoms with E-state index in [2.05, 4.69) is 20.3 Å². The highest BCUT2D eigenvalue weighted by Crippen LogP contribution is 2.21. The van der Waals surface area contributed by atoms with Crippen LogP contribution in [-0.2, 0) is 22.6 Å². The first-order chi connectivity index (χ1) is 12.0. The first-order valence-electron chi connectivity index (χ1n) is 8.38. The molecule has 0 aromatic carbocycles. The molecule has 1 aliphatic heterocycles. The van der Waals surface area contributed by atoms with Gasteiger partial charge in [0.1, 0.15) is 11.6 Å². The number of anilines is 1. The zero-order valence-corrected chi connectivity index (χ0v) is 14.4. The van der Waals surface area contributed by atoms with E-state index in [0.29, 0.717) is 24.7 Å². The van der Waals surface area contributed by atoms with Gasteiger partial charge in [-0.15, -0.1) is 0 Å². The van der Waals surface area contributed by atoms with Crippen LogP contribution in [0.5, 0.6) is 0 Å². The van der Waals surface area contributed by atoms with Crippen LogP contribution in [0.3, 0.4) is 0 Å². The van der Waals surface area contributed by atoms with Gasteiger partial charge >= 0.3 is 0 Å². The minimum atomic E-state index is -0.378. The van der Waals surface area contributed by atoms with E-state index in [4.69, 9.17) is 0 Å². The second kappa shape index (κ2) is 7.38. The molecule has 0 saturated carbocycles. The van der Waals surface area contributed by atoms with E-state index < -0.39 is 0 Å². The molecule has 1 N–H and O–H groups in total. The van der Waals surface area contributed by atoms with Gasteiger partial charge in [0.25, 0.3) is 0 Å². The maximum atomic E-state index is 12.5. The first kappa shape index (κ1) is 17.0. The minimum Gasteiger partial charge on any atom is -0.336 e. The number of nitrogens with one attached hydrogen (secondary N) is 1. The van der Waals surface area contributed by atoms with Crippen molar-refractivity contribution in [3.05, 3.63) is 47.7 Å². The Morgan fingerprint density at radius 3 is 2.88 bits per heavy atom. The molecule has 1 aliphatic rings. The highest BCUT2D eigenvalue weighted by atomic mass is 16.2. The highest BCUT2D eigenvalue weighted by molar-refractivity contribution is 5.96. The Morgan fingerprint density at radius 2 is 2.16 bits per heavy atom. The van der Waals surface area contributed by atoms with E-state index >= 15 is 0 Å². The van der Waals surface area contributed by atoms with Gasteiger partial charge in [0.15, 0.2) is 0 Å². The molecule has 2 aromatic rings. The van der Waals surface area contributed by atoms with E-state index in [1.54, 1.807) is 24.1 Å². The third-order valence-electron chi connectivity index (χ3n) is 4.17. The average Bonchev–Trinajstić information content (AvgIpc) is 2.96. The monoisotopic (exact) mass is 339 g/mol. The molecule has 0 radical (unpaired) electrons. The summed E-state index contributed by atoms with van der Waals surface area (Å²) in [5.74, 6) is 0.520. The zero-order chi connectivity index (χ0) is 17.8. The van der Waals surface area contributed by atoms with E-state index in [9.17, 15) is 9.59 Å². The van der Waals surface area contributed by atoms with Gasteiger partial charge in [-0.25, -0.2) is 9.97 Å². The minimum absolute atomic E-state index is 0.0288. The molecule has 7 nitrogen and oxygen atoms in total. The summed E-state index contributed by atoms with van der Waals surface area (Å²) in [7, 11) is 0. The number of carbonyl (C=O) groups is 2. The number of nitrogens with zero attached hydrogens (tertiary/aromatic N) is 4. The zero-order valence-electron chi connectivity index (χ0n) is 14.4. The Bertz CT molecular complexity index is 778. The van der Waals surface area contributed by atoms with E-state index in [-0.39, 0.29) is 24.2 Å². The first-order valence-corrected chi connectivity index (χ1v) is 8.38. The maximum absolute atomic E-state index is 12.5. The van der Waals surface area contributed by atoms with Crippen LogP contribution in [0, 0.1) is 12.8 Å². The molecule has 1 fully saturated rings. The van der Waals surface area contributed by atoms with Gasteiger partial charge in [-0.3, -0.25) is 14.6 Å². The van der Waals surface area contributed by atoms with Crippen molar-refractivity contribution in [3.8, 4) is 0 Å². The quantitative estimate of drug-likeness (QED) is 0.896. The number of rotatable bonds is 5. The summed E-state index contributed by atoms with van der Waals surface area (Å²) in [5.41, 5.74) is 1.69. The molecule has 0 unspecified atom stereocenters. The summed E-state index contributed by atoms with van der Waals surface area (Å²) in [6, 6.07) is 7.36. The second-order valence-electron chi connectivity index (χ2n) is 6.13. The van der Waals surface area contributed by atoms with Gasteiger partial charge in [-0.1, -0.05) is 13.0 Å². The molecule has 7 heteroatoms. The summed E-state index contributed by atoms with van der Waals surface area (Å²) in [5, 5.41) is 2.82. The molecule has 0 bridgehead atoms. The molecule has 3 heterocycles. The van der Waals surface area contributed by atoms with Crippen molar-refractivity contribution >= 4 is 17.6 Å². The Hall–Kier alpha value is -2.83.